The van der Waals surface area contributed by atoms with Crippen molar-refractivity contribution < 1.29 is 8.83 Å². The van der Waals surface area contributed by atoms with Gasteiger partial charge < -0.3 is 18.6 Å². The van der Waals surface area contributed by atoms with Crippen LogP contribution in [-0.4, -0.2) is 0 Å². The number of fused-ring (bicyclic) bond motifs is 22. The third-order valence-electron chi connectivity index (χ3n) is 20.6. The lowest BCUT2D eigenvalue weighted by atomic mass is 9.70. The van der Waals surface area contributed by atoms with Crippen LogP contribution in [0.15, 0.2) is 288 Å². The summed E-state index contributed by atoms with van der Waals surface area (Å²) in [6, 6.07) is 104. The molecule has 0 atom stereocenters. The Hall–Kier alpha value is -10.9. The minimum Gasteiger partial charge on any atom is -0.456 e. The number of benzene rings is 13. The molecule has 4 heteroatoms. The molecule has 89 heavy (non-hydrogen) atoms. The first kappa shape index (κ1) is 50.2. The standard InChI is InChI=1S/C85H58N2O2/c1-83(2)67-28-12-5-21-57(67)62-43-40-53(49-72(62)83)86(75-33-19-37-79-81(75)65-26-10-17-35-77(65)88-79)55-45-52(51-39-42-64-61-25-9-16-32-71(61)85(74(64)47-51)69-30-14-7-23-59(69)60-24-8-15-31-70(60)85)46-56(48-55)87(76-34-20-38-80-82(76)66-27-11-18-36-78(66)89-80)54-41-44-63-58-22-6-13-29-68(58)84(3,4)73(63)50-54/h5-50H,1-4H3. The first-order chi connectivity index (χ1) is 43.6. The SMILES string of the molecule is CC1(C)c2ccccc2-c2ccc(N(c3cc(-c4ccc5c(c4)C4(c6ccccc6-c6ccccc64)c4ccccc4-5)cc(N(c4ccc5c(c4)C(C)(C)c4ccccc4-5)c4cccc5oc6ccccc6c45)c3)c3cccc4oc5ccccc5c34)cc21. The van der Waals surface area contributed by atoms with Crippen molar-refractivity contribution in [2.75, 3.05) is 9.80 Å². The molecule has 13 aromatic carbocycles. The van der Waals surface area contributed by atoms with Crippen LogP contribution in [0.4, 0.5) is 34.1 Å². The Bertz CT molecular complexity index is 5250. The van der Waals surface area contributed by atoms with E-state index in [2.05, 4.69) is 317 Å². The van der Waals surface area contributed by atoms with Gasteiger partial charge >= 0.3 is 0 Å². The van der Waals surface area contributed by atoms with E-state index in [1.807, 2.05) is 0 Å². The van der Waals surface area contributed by atoms with Crippen LogP contribution in [0.2, 0.25) is 0 Å². The topological polar surface area (TPSA) is 32.8 Å². The molecule has 0 radical (unpaired) electrons. The van der Waals surface area contributed by atoms with Gasteiger partial charge in [-0.3, -0.25) is 0 Å². The van der Waals surface area contributed by atoms with Gasteiger partial charge in [0.15, 0.2) is 0 Å². The average molecular weight is 1140 g/mol. The largest absolute Gasteiger partial charge is 0.456 e. The Morgan fingerprint density at radius 3 is 1.07 bits per heavy atom. The van der Waals surface area contributed by atoms with Crippen LogP contribution in [0.3, 0.4) is 0 Å². The highest BCUT2D eigenvalue weighted by Crippen LogP contribution is 2.64. The molecule has 0 bridgehead atoms. The van der Waals surface area contributed by atoms with Gasteiger partial charge in [-0.05, 0) is 185 Å². The summed E-state index contributed by atoms with van der Waals surface area (Å²) in [5.41, 5.74) is 31.4. The predicted molar refractivity (Wildman–Crippen MR) is 367 cm³/mol. The second-order valence-electron chi connectivity index (χ2n) is 25.9. The summed E-state index contributed by atoms with van der Waals surface area (Å²) in [6.45, 7) is 9.51. The molecule has 0 unspecified atom stereocenters. The molecule has 2 aromatic heterocycles. The lowest BCUT2D eigenvalue weighted by molar-refractivity contribution is 0.660. The minimum atomic E-state index is -0.535. The molecule has 0 N–H and O–H groups in total. The molecule has 0 saturated heterocycles. The zero-order chi connectivity index (χ0) is 59.1. The molecule has 0 aliphatic heterocycles. The Balaban J connectivity index is 0.929. The summed E-state index contributed by atoms with van der Waals surface area (Å²) in [4.78, 5) is 5.03. The third-order valence-corrected chi connectivity index (χ3v) is 20.6. The molecular formula is C85H58N2O2. The van der Waals surface area contributed by atoms with Crippen LogP contribution in [0.5, 0.6) is 0 Å². The van der Waals surface area contributed by atoms with E-state index in [1.54, 1.807) is 0 Å². The molecule has 4 nitrogen and oxygen atoms in total. The molecule has 2 heterocycles. The molecule has 0 amide bonds. The van der Waals surface area contributed by atoms with E-state index in [4.69, 9.17) is 8.83 Å². The first-order valence-corrected chi connectivity index (χ1v) is 31.1. The van der Waals surface area contributed by atoms with E-state index in [-0.39, 0.29) is 10.8 Å². The molecule has 19 rings (SSSR count). The normalized spacial score (nSPS) is 14.6. The molecular weight excluding hydrogens is 1080 g/mol. The molecule has 4 aliphatic carbocycles. The lowest BCUT2D eigenvalue weighted by Crippen LogP contribution is -2.25. The van der Waals surface area contributed by atoms with E-state index >= 15 is 0 Å². The number of anilines is 6. The summed E-state index contributed by atoms with van der Waals surface area (Å²) in [6.07, 6.45) is 0. The first-order valence-electron chi connectivity index (χ1n) is 31.1. The van der Waals surface area contributed by atoms with Gasteiger partial charge in [-0.1, -0.05) is 222 Å². The Kier molecular flexibility index (Phi) is 10.2. The zero-order valence-corrected chi connectivity index (χ0v) is 49.8. The van der Waals surface area contributed by atoms with Crippen LogP contribution in [0.25, 0.3) is 99.5 Å². The van der Waals surface area contributed by atoms with Crippen LogP contribution in [-0.2, 0) is 16.2 Å². The van der Waals surface area contributed by atoms with E-state index < -0.39 is 5.41 Å². The van der Waals surface area contributed by atoms with Crippen molar-refractivity contribution in [1.29, 1.82) is 0 Å². The number of nitrogens with zero attached hydrogens (tertiary/aromatic N) is 2. The fourth-order valence-electron chi connectivity index (χ4n) is 16.7. The molecule has 15 aromatic rings. The molecule has 0 saturated carbocycles. The van der Waals surface area contributed by atoms with Gasteiger partial charge in [0.2, 0.25) is 0 Å². The van der Waals surface area contributed by atoms with Crippen molar-refractivity contribution in [3.05, 3.63) is 324 Å². The molecule has 4 aliphatic rings. The molecule has 420 valence electrons. The summed E-state index contributed by atoms with van der Waals surface area (Å²) in [7, 11) is 0. The van der Waals surface area contributed by atoms with Crippen molar-refractivity contribution in [2.45, 2.75) is 43.9 Å². The average Bonchev–Trinajstić information content (AvgIpc) is 1.52. The Morgan fingerprint density at radius 1 is 0.247 bits per heavy atom. The number of furan rings is 2. The van der Waals surface area contributed by atoms with Crippen molar-refractivity contribution in [3.8, 4) is 55.6 Å². The fourth-order valence-corrected chi connectivity index (χ4v) is 16.7. The van der Waals surface area contributed by atoms with Crippen molar-refractivity contribution in [1.82, 2.24) is 0 Å². The maximum atomic E-state index is 6.80. The maximum absolute atomic E-state index is 6.80. The summed E-state index contributed by atoms with van der Waals surface area (Å²) < 4.78 is 13.6. The van der Waals surface area contributed by atoms with E-state index in [1.165, 1.54) is 89.0 Å². The summed E-state index contributed by atoms with van der Waals surface area (Å²) in [5, 5.41) is 4.24. The van der Waals surface area contributed by atoms with Gasteiger partial charge in [-0.15, -0.1) is 0 Å². The highest BCUT2D eigenvalue weighted by molar-refractivity contribution is 6.15. The molecule has 1 spiro atoms. The summed E-state index contributed by atoms with van der Waals surface area (Å²) >= 11 is 0. The van der Waals surface area contributed by atoms with Gasteiger partial charge in [0.25, 0.3) is 0 Å². The number of para-hydroxylation sites is 2. The highest BCUT2D eigenvalue weighted by atomic mass is 16.3. The smallest absolute Gasteiger partial charge is 0.137 e. The van der Waals surface area contributed by atoms with Crippen LogP contribution in [0, 0.1) is 0 Å². The second kappa shape index (κ2) is 18.1. The quantitative estimate of drug-likeness (QED) is 0.159. The van der Waals surface area contributed by atoms with Crippen molar-refractivity contribution >= 4 is 78.0 Å². The van der Waals surface area contributed by atoms with Gasteiger partial charge in [0.05, 0.1) is 27.6 Å². The minimum absolute atomic E-state index is 0.256. The number of hydrogen-bond acceptors (Lipinski definition) is 4. The number of rotatable bonds is 7. The van der Waals surface area contributed by atoms with Gasteiger partial charge in [0.1, 0.15) is 22.3 Å². The summed E-state index contributed by atoms with van der Waals surface area (Å²) in [5.74, 6) is 0. The van der Waals surface area contributed by atoms with Gasteiger partial charge in [0, 0.05) is 44.4 Å². The Labute approximate surface area is 516 Å². The monoisotopic (exact) mass is 1140 g/mol. The van der Waals surface area contributed by atoms with Gasteiger partial charge in [-0.2, -0.15) is 0 Å². The van der Waals surface area contributed by atoms with Crippen molar-refractivity contribution in [3.63, 3.8) is 0 Å². The van der Waals surface area contributed by atoms with Crippen LogP contribution < -0.4 is 9.80 Å². The van der Waals surface area contributed by atoms with E-state index in [0.29, 0.717) is 0 Å². The molecule has 0 fully saturated rings. The van der Waals surface area contributed by atoms with Gasteiger partial charge in [-0.25, -0.2) is 0 Å². The van der Waals surface area contributed by atoms with E-state index in [9.17, 15) is 0 Å². The third kappa shape index (κ3) is 6.78. The maximum Gasteiger partial charge on any atom is 0.137 e. The highest BCUT2D eigenvalue weighted by Gasteiger charge is 2.51. The zero-order valence-electron chi connectivity index (χ0n) is 49.8. The fraction of sp³-hybridized carbons (Fsp3) is 0.0824. The lowest BCUT2D eigenvalue weighted by Gasteiger charge is -2.32. The van der Waals surface area contributed by atoms with Crippen molar-refractivity contribution in [2.24, 2.45) is 0 Å². The van der Waals surface area contributed by atoms with Crippen LogP contribution >= 0.6 is 0 Å². The predicted octanol–water partition coefficient (Wildman–Crippen LogP) is 23.0. The van der Waals surface area contributed by atoms with Crippen LogP contribution in [0.1, 0.15) is 72.2 Å². The second-order valence-corrected chi connectivity index (χ2v) is 25.9. The van der Waals surface area contributed by atoms with E-state index in [0.717, 1.165) is 89.1 Å². The number of hydrogen-bond donors (Lipinski definition) is 0. The Morgan fingerprint density at radius 2 is 0.607 bits per heavy atom.